The number of allylic oxidation sites excluding steroid dienone is 3. The number of carboxylic acid groups (broad SMARTS) is 1. The van der Waals surface area contributed by atoms with Gasteiger partial charge in [-0.15, -0.1) is 0 Å². The summed E-state index contributed by atoms with van der Waals surface area (Å²) in [7, 11) is 1.60. The van der Waals surface area contributed by atoms with Gasteiger partial charge in [0.05, 0.1) is 20.1 Å². The number of aliphatic carboxylic acids is 1. The van der Waals surface area contributed by atoms with Crippen molar-refractivity contribution in [1.82, 2.24) is 4.98 Å². The molecule has 1 aliphatic heterocycles. The van der Waals surface area contributed by atoms with E-state index in [1.165, 1.54) is 6.08 Å². The Morgan fingerprint density at radius 3 is 2.63 bits per heavy atom. The van der Waals surface area contributed by atoms with Gasteiger partial charge in [-0.1, -0.05) is 30.9 Å². The molecule has 212 valence electrons. The van der Waals surface area contributed by atoms with E-state index in [-0.39, 0.29) is 12.3 Å². The molecule has 0 fully saturated rings. The van der Waals surface area contributed by atoms with Gasteiger partial charge in [-0.25, -0.2) is 9.37 Å². The third kappa shape index (κ3) is 6.19. The van der Waals surface area contributed by atoms with E-state index >= 15 is 4.39 Å². The normalized spacial score (nSPS) is 21.2. The second-order valence-corrected chi connectivity index (χ2v) is 10.6. The van der Waals surface area contributed by atoms with Crippen LogP contribution in [-0.2, 0) is 4.79 Å². The first-order chi connectivity index (χ1) is 19.7. The smallest absolute Gasteiger partial charge is 0.304 e. The van der Waals surface area contributed by atoms with E-state index in [0.717, 1.165) is 51.8 Å². The van der Waals surface area contributed by atoms with Gasteiger partial charge in [-0.3, -0.25) is 4.79 Å². The number of benzene rings is 2. The lowest BCUT2D eigenvalue weighted by molar-refractivity contribution is -0.137. The maximum atomic E-state index is 15.3. The predicted octanol–water partition coefficient (Wildman–Crippen LogP) is 7.75. The number of hydrogen-bond donors (Lipinski definition) is 1. The zero-order valence-electron chi connectivity index (χ0n) is 23.6. The number of rotatable bonds is 7. The van der Waals surface area contributed by atoms with Gasteiger partial charge in [0, 0.05) is 35.4 Å². The SMILES string of the molecule is C=C1/C(F)=C\C=C(\c2c(C)cc(-c3ccnc(OC)c3)cc2C)CCC[C@H]1Oc1ccc2c(c1)OC[C@H]2CC(=O)O. The van der Waals surface area contributed by atoms with Gasteiger partial charge in [0.1, 0.15) is 23.4 Å². The van der Waals surface area contributed by atoms with Crippen molar-refractivity contribution in [1.29, 1.82) is 0 Å². The molecule has 3 aromatic rings. The van der Waals surface area contributed by atoms with Gasteiger partial charge in [0.2, 0.25) is 5.88 Å². The van der Waals surface area contributed by atoms with E-state index in [2.05, 4.69) is 37.5 Å². The zero-order valence-corrected chi connectivity index (χ0v) is 23.6. The number of aryl methyl sites for hydroxylation is 2. The average molecular weight is 556 g/mol. The molecule has 1 aromatic heterocycles. The van der Waals surface area contributed by atoms with E-state index in [1.807, 2.05) is 24.3 Å². The quantitative estimate of drug-likeness (QED) is 0.321. The van der Waals surface area contributed by atoms with Crippen molar-refractivity contribution in [2.75, 3.05) is 13.7 Å². The fourth-order valence-corrected chi connectivity index (χ4v) is 5.72. The molecule has 41 heavy (non-hydrogen) atoms. The lowest BCUT2D eigenvalue weighted by atomic mass is 9.89. The van der Waals surface area contributed by atoms with Crippen LogP contribution >= 0.6 is 0 Å². The van der Waals surface area contributed by atoms with Crippen LogP contribution in [0.5, 0.6) is 17.4 Å². The Morgan fingerprint density at radius 2 is 1.90 bits per heavy atom. The number of carbonyl (C=O) groups is 1. The molecule has 2 aromatic carbocycles. The van der Waals surface area contributed by atoms with Crippen LogP contribution in [0.4, 0.5) is 4.39 Å². The van der Waals surface area contributed by atoms with Gasteiger partial charge >= 0.3 is 5.97 Å². The van der Waals surface area contributed by atoms with Gasteiger partial charge in [0.25, 0.3) is 0 Å². The van der Waals surface area contributed by atoms with Crippen LogP contribution in [0.15, 0.2) is 78.8 Å². The molecule has 1 N–H and O–H groups in total. The Labute approximate surface area is 239 Å². The Kier molecular flexibility index (Phi) is 8.24. The molecule has 5 rings (SSSR count). The predicted molar refractivity (Wildman–Crippen MR) is 157 cm³/mol. The summed E-state index contributed by atoms with van der Waals surface area (Å²) in [5.74, 6) is 0.259. The summed E-state index contributed by atoms with van der Waals surface area (Å²) < 4.78 is 32.6. The van der Waals surface area contributed by atoms with Crippen molar-refractivity contribution in [2.45, 2.75) is 51.6 Å². The first kappa shape index (κ1) is 28.1. The van der Waals surface area contributed by atoms with Crippen LogP contribution in [0.2, 0.25) is 0 Å². The van der Waals surface area contributed by atoms with E-state index in [1.54, 1.807) is 25.4 Å². The highest BCUT2D eigenvalue weighted by Crippen LogP contribution is 2.40. The number of methoxy groups -OCH3 is 1. The molecule has 0 unspecified atom stereocenters. The Hall–Kier alpha value is -4.39. The molecule has 1 aliphatic carbocycles. The summed E-state index contributed by atoms with van der Waals surface area (Å²) >= 11 is 0. The second kappa shape index (κ2) is 12.0. The number of halogens is 1. The number of hydrogen-bond acceptors (Lipinski definition) is 5. The minimum absolute atomic E-state index is 0.0120. The van der Waals surface area contributed by atoms with Crippen molar-refractivity contribution in [3.05, 3.63) is 101 Å². The highest BCUT2D eigenvalue weighted by atomic mass is 19.1. The summed E-state index contributed by atoms with van der Waals surface area (Å²) in [5, 5.41) is 9.15. The van der Waals surface area contributed by atoms with Crippen LogP contribution in [0.3, 0.4) is 0 Å². The number of aromatic nitrogens is 1. The molecule has 2 heterocycles. The Morgan fingerprint density at radius 1 is 1.12 bits per heavy atom. The number of nitrogens with zero attached hydrogens (tertiary/aromatic N) is 1. The Balaban J connectivity index is 1.33. The van der Waals surface area contributed by atoms with E-state index in [0.29, 0.717) is 36.0 Å². The van der Waals surface area contributed by atoms with E-state index in [4.69, 9.17) is 19.3 Å². The molecule has 7 heteroatoms. The second-order valence-electron chi connectivity index (χ2n) is 10.6. The molecule has 0 saturated heterocycles. The monoisotopic (exact) mass is 555 g/mol. The molecule has 0 amide bonds. The van der Waals surface area contributed by atoms with Crippen LogP contribution in [0, 0.1) is 13.8 Å². The molecule has 2 atom stereocenters. The fourth-order valence-electron chi connectivity index (χ4n) is 5.72. The topological polar surface area (TPSA) is 77.9 Å². The largest absolute Gasteiger partial charge is 0.492 e. The van der Waals surface area contributed by atoms with Gasteiger partial charge in [0.15, 0.2) is 0 Å². The third-order valence-electron chi connectivity index (χ3n) is 7.73. The molecule has 0 spiro atoms. The fraction of sp³-hybridized carbons (Fsp3) is 0.294. The third-order valence-corrected chi connectivity index (χ3v) is 7.73. The van der Waals surface area contributed by atoms with E-state index < -0.39 is 17.9 Å². The van der Waals surface area contributed by atoms with Crippen molar-refractivity contribution in [3.8, 4) is 28.5 Å². The summed E-state index contributed by atoms with van der Waals surface area (Å²) in [6.07, 6.45) is 6.67. The zero-order chi connectivity index (χ0) is 29.1. The summed E-state index contributed by atoms with van der Waals surface area (Å²) in [6, 6.07) is 13.6. The van der Waals surface area contributed by atoms with E-state index in [9.17, 15) is 4.79 Å². The molecule has 6 nitrogen and oxygen atoms in total. The number of fused-ring (bicyclic) bond motifs is 1. The minimum Gasteiger partial charge on any atom is -0.492 e. The van der Waals surface area contributed by atoms with Crippen molar-refractivity contribution in [2.24, 2.45) is 0 Å². The van der Waals surface area contributed by atoms with Crippen LogP contribution in [-0.4, -0.2) is 35.9 Å². The van der Waals surface area contributed by atoms with Crippen LogP contribution < -0.4 is 14.2 Å². The molecular formula is C34H34FNO5. The summed E-state index contributed by atoms with van der Waals surface area (Å²) in [4.78, 5) is 15.4. The van der Waals surface area contributed by atoms with Gasteiger partial charge in [-0.05, 0) is 84.7 Å². The highest BCUT2D eigenvalue weighted by Gasteiger charge is 2.28. The van der Waals surface area contributed by atoms with Crippen LogP contribution in [0.1, 0.15) is 53.9 Å². The molecular weight excluding hydrogens is 521 g/mol. The van der Waals surface area contributed by atoms with Gasteiger partial charge < -0.3 is 19.3 Å². The minimum atomic E-state index is -0.861. The average Bonchev–Trinajstić information content (AvgIpc) is 3.36. The lowest BCUT2D eigenvalue weighted by Crippen LogP contribution is -2.19. The lowest BCUT2D eigenvalue weighted by Gasteiger charge is -2.21. The van der Waals surface area contributed by atoms with Crippen LogP contribution in [0.25, 0.3) is 16.7 Å². The maximum Gasteiger partial charge on any atom is 0.304 e. The Bertz CT molecular complexity index is 1530. The number of pyridine rings is 1. The first-order valence-corrected chi connectivity index (χ1v) is 13.8. The van der Waals surface area contributed by atoms with Gasteiger partial charge in [-0.2, -0.15) is 0 Å². The molecule has 2 aliphatic rings. The first-order valence-electron chi connectivity index (χ1n) is 13.8. The molecule has 0 saturated carbocycles. The van der Waals surface area contributed by atoms with Crippen molar-refractivity contribution >= 4 is 11.5 Å². The summed E-state index contributed by atoms with van der Waals surface area (Å²) in [5.41, 5.74) is 7.66. The maximum absolute atomic E-state index is 15.3. The summed E-state index contributed by atoms with van der Waals surface area (Å²) in [6.45, 7) is 8.50. The number of carboxylic acids is 1. The molecule has 0 bridgehead atoms. The standard InChI is InChI=1S/C34H34FNO5/c1-20-14-25(24-12-13-36-32(16-24)39-4)15-21(2)34(20)23-6-5-7-30(22(3)29(35)11-8-23)41-27-9-10-28-26(17-33(37)38)19-40-31(28)18-27/h8-16,18,26,30H,3,5-7,17,19H2,1-2,4H3,(H,37,38)/b23-8+,29-11+/t26-,30-/m1/s1. The molecule has 0 radical (unpaired) electrons. The highest BCUT2D eigenvalue weighted by molar-refractivity contribution is 5.77. The van der Waals surface area contributed by atoms with Crippen molar-refractivity contribution < 1.29 is 28.5 Å². The number of ether oxygens (including phenoxy) is 3. The van der Waals surface area contributed by atoms with Crippen molar-refractivity contribution in [3.63, 3.8) is 0 Å².